The van der Waals surface area contributed by atoms with Crippen molar-refractivity contribution in [3.63, 3.8) is 0 Å². The Labute approximate surface area is 148 Å². The molecule has 0 amide bonds. The number of methoxy groups -OCH3 is 1. The summed E-state index contributed by atoms with van der Waals surface area (Å²) in [6.45, 7) is 0. The van der Waals surface area contributed by atoms with Gasteiger partial charge in [-0.3, -0.25) is 0 Å². The highest BCUT2D eigenvalue weighted by molar-refractivity contribution is 9.10. The molecule has 1 aromatic heterocycles. The molecule has 0 fully saturated rings. The van der Waals surface area contributed by atoms with Crippen LogP contribution in [0.25, 0.3) is 0 Å². The molecule has 1 heterocycles. The second-order valence-electron chi connectivity index (χ2n) is 4.94. The van der Waals surface area contributed by atoms with E-state index < -0.39 is 0 Å². The van der Waals surface area contributed by atoms with E-state index in [1.165, 1.54) is 6.33 Å². The zero-order valence-corrected chi connectivity index (χ0v) is 14.5. The van der Waals surface area contributed by atoms with Gasteiger partial charge in [0.25, 0.3) is 0 Å². The molecule has 24 heavy (non-hydrogen) atoms. The van der Waals surface area contributed by atoms with Crippen molar-refractivity contribution in [2.75, 3.05) is 23.5 Å². The number of ether oxygens (including phenoxy) is 1. The van der Waals surface area contributed by atoms with Crippen molar-refractivity contribution in [2.45, 2.75) is 0 Å². The van der Waals surface area contributed by atoms with Crippen LogP contribution in [0.2, 0.25) is 0 Å². The monoisotopic (exact) mass is 385 g/mol. The van der Waals surface area contributed by atoms with Crippen LogP contribution in [0, 0.1) is 0 Å². The highest BCUT2D eigenvalue weighted by atomic mass is 79.9. The van der Waals surface area contributed by atoms with Crippen LogP contribution >= 0.6 is 15.9 Å². The van der Waals surface area contributed by atoms with Gasteiger partial charge in [0.1, 0.15) is 17.8 Å². The van der Waals surface area contributed by atoms with Crippen molar-refractivity contribution in [2.24, 2.45) is 0 Å². The fraction of sp³-hybridized carbons (Fsp3) is 0.0588. The largest absolute Gasteiger partial charge is 0.495 e. The summed E-state index contributed by atoms with van der Waals surface area (Å²) in [4.78, 5) is 8.43. The smallest absolute Gasteiger partial charge is 0.159 e. The Morgan fingerprint density at radius 3 is 2.33 bits per heavy atom. The van der Waals surface area contributed by atoms with Gasteiger partial charge in [-0.2, -0.15) is 0 Å². The molecule has 0 aliphatic heterocycles. The van der Waals surface area contributed by atoms with Gasteiger partial charge in [0.2, 0.25) is 0 Å². The van der Waals surface area contributed by atoms with E-state index in [2.05, 4.69) is 36.5 Å². The topological polar surface area (TPSA) is 85.1 Å². The lowest BCUT2D eigenvalue weighted by Crippen LogP contribution is -2.05. The van der Waals surface area contributed by atoms with Crippen LogP contribution in [0.15, 0.2) is 59.3 Å². The first-order valence-electron chi connectivity index (χ1n) is 7.20. The third kappa shape index (κ3) is 3.57. The summed E-state index contributed by atoms with van der Waals surface area (Å²) in [5.74, 6) is 1.75. The van der Waals surface area contributed by atoms with Crippen molar-refractivity contribution in [1.82, 2.24) is 9.97 Å². The average molecular weight is 386 g/mol. The van der Waals surface area contributed by atoms with E-state index in [9.17, 15) is 0 Å². The number of nitrogens with zero attached hydrogens (tertiary/aromatic N) is 2. The van der Waals surface area contributed by atoms with Crippen molar-refractivity contribution in [1.29, 1.82) is 0 Å². The number of hydrogen-bond donors (Lipinski definition) is 3. The second-order valence-corrected chi connectivity index (χ2v) is 5.86. The minimum absolute atomic E-state index is 0.423. The number of nitrogen functional groups attached to an aromatic ring is 1. The van der Waals surface area contributed by atoms with E-state index in [0.29, 0.717) is 23.1 Å². The Morgan fingerprint density at radius 1 is 0.958 bits per heavy atom. The van der Waals surface area contributed by atoms with Gasteiger partial charge in [0.15, 0.2) is 11.6 Å². The minimum atomic E-state index is 0.423. The highest BCUT2D eigenvalue weighted by Gasteiger charge is 2.10. The van der Waals surface area contributed by atoms with E-state index in [0.717, 1.165) is 15.8 Å². The molecule has 0 spiro atoms. The number of halogens is 1. The molecule has 2 aromatic carbocycles. The third-order valence-corrected chi connectivity index (χ3v) is 3.88. The first-order valence-corrected chi connectivity index (χ1v) is 8.00. The molecule has 0 saturated heterocycles. The summed E-state index contributed by atoms with van der Waals surface area (Å²) >= 11 is 3.41. The first kappa shape index (κ1) is 16.1. The van der Waals surface area contributed by atoms with Crippen LogP contribution in [0.3, 0.4) is 0 Å². The molecular weight excluding hydrogens is 370 g/mol. The van der Waals surface area contributed by atoms with Crippen LogP contribution < -0.4 is 21.1 Å². The molecule has 6 nitrogen and oxygen atoms in total. The fourth-order valence-corrected chi connectivity index (χ4v) is 2.40. The molecule has 0 aliphatic carbocycles. The predicted octanol–water partition coefficient (Wildman–Crippen LogP) is 4.32. The van der Waals surface area contributed by atoms with Crippen LogP contribution in [0.4, 0.5) is 28.7 Å². The number of aromatic nitrogens is 2. The Morgan fingerprint density at radius 2 is 1.62 bits per heavy atom. The number of anilines is 5. The second kappa shape index (κ2) is 7.18. The van der Waals surface area contributed by atoms with Gasteiger partial charge >= 0.3 is 0 Å². The molecule has 3 rings (SSSR count). The van der Waals surface area contributed by atoms with Crippen molar-refractivity contribution in [3.05, 3.63) is 59.3 Å². The summed E-state index contributed by atoms with van der Waals surface area (Å²) < 4.78 is 6.33. The SMILES string of the molecule is COc1ccccc1Nc1ncnc(Nc2ccc(Br)cc2)c1N. The van der Waals surface area contributed by atoms with E-state index in [-0.39, 0.29) is 0 Å². The fourth-order valence-electron chi connectivity index (χ4n) is 2.14. The van der Waals surface area contributed by atoms with Gasteiger partial charge < -0.3 is 21.1 Å². The lowest BCUT2D eigenvalue weighted by Gasteiger charge is -2.14. The normalized spacial score (nSPS) is 10.2. The van der Waals surface area contributed by atoms with E-state index in [4.69, 9.17) is 10.5 Å². The Bertz CT molecular complexity index is 839. The molecule has 0 aliphatic rings. The maximum Gasteiger partial charge on any atom is 0.159 e. The van der Waals surface area contributed by atoms with E-state index in [1.54, 1.807) is 7.11 Å². The molecule has 3 aromatic rings. The van der Waals surface area contributed by atoms with Gasteiger partial charge in [-0.25, -0.2) is 9.97 Å². The maximum atomic E-state index is 6.20. The van der Waals surface area contributed by atoms with Crippen molar-refractivity contribution in [3.8, 4) is 5.75 Å². The maximum absolute atomic E-state index is 6.20. The third-order valence-electron chi connectivity index (χ3n) is 3.35. The number of nitrogens with two attached hydrogens (primary N) is 1. The standard InChI is InChI=1S/C17H16BrN5O/c1-24-14-5-3-2-4-13(14)23-17-15(19)16(20-10-21-17)22-12-8-6-11(18)7-9-12/h2-10H,19H2,1H3,(H2,20,21,22,23). The summed E-state index contributed by atoms with van der Waals surface area (Å²) in [6.07, 6.45) is 1.45. The van der Waals surface area contributed by atoms with Crippen LogP contribution in [-0.2, 0) is 0 Å². The van der Waals surface area contributed by atoms with Crippen LogP contribution in [-0.4, -0.2) is 17.1 Å². The van der Waals surface area contributed by atoms with Gasteiger partial charge in [0.05, 0.1) is 12.8 Å². The molecule has 7 heteroatoms. The molecule has 0 radical (unpaired) electrons. The molecule has 0 bridgehead atoms. The lowest BCUT2D eigenvalue weighted by atomic mass is 10.3. The Balaban J connectivity index is 1.86. The van der Waals surface area contributed by atoms with Gasteiger partial charge in [-0.15, -0.1) is 0 Å². The molecule has 122 valence electrons. The van der Waals surface area contributed by atoms with Gasteiger partial charge in [-0.05, 0) is 36.4 Å². The lowest BCUT2D eigenvalue weighted by molar-refractivity contribution is 0.417. The minimum Gasteiger partial charge on any atom is -0.495 e. The zero-order chi connectivity index (χ0) is 16.9. The molecule has 0 unspecified atom stereocenters. The van der Waals surface area contributed by atoms with Gasteiger partial charge in [0, 0.05) is 10.2 Å². The van der Waals surface area contributed by atoms with Crippen LogP contribution in [0.1, 0.15) is 0 Å². The zero-order valence-electron chi connectivity index (χ0n) is 13.0. The molecular formula is C17H16BrN5O. The number of rotatable bonds is 5. The molecule has 0 saturated carbocycles. The summed E-state index contributed by atoms with van der Waals surface area (Å²) in [6, 6.07) is 15.3. The quantitative estimate of drug-likeness (QED) is 0.606. The van der Waals surface area contributed by atoms with Crippen molar-refractivity contribution >= 4 is 44.6 Å². The van der Waals surface area contributed by atoms with Crippen LogP contribution in [0.5, 0.6) is 5.75 Å². The molecule has 4 N–H and O–H groups in total. The summed E-state index contributed by atoms with van der Waals surface area (Å²) in [5, 5.41) is 6.36. The Hall–Kier alpha value is -2.80. The number of nitrogens with one attached hydrogen (secondary N) is 2. The van der Waals surface area contributed by atoms with Gasteiger partial charge in [-0.1, -0.05) is 28.1 Å². The number of hydrogen-bond acceptors (Lipinski definition) is 6. The summed E-state index contributed by atoms with van der Waals surface area (Å²) in [7, 11) is 1.62. The summed E-state index contributed by atoms with van der Waals surface area (Å²) in [5.41, 5.74) is 8.28. The van der Waals surface area contributed by atoms with E-state index >= 15 is 0 Å². The van der Waals surface area contributed by atoms with E-state index in [1.807, 2.05) is 48.5 Å². The average Bonchev–Trinajstić information content (AvgIpc) is 2.61. The molecule has 0 atom stereocenters. The Kier molecular flexibility index (Phi) is 4.81. The number of benzene rings is 2. The van der Waals surface area contributed by atoms with Crippen molar-refractivity contribution < 1.29 is 4.74 Å². The first-order chi connectivity index (χ1) is 11.7. The highest BCUT2D eigenvalue weighted by Crippen LogP contribution is 2.31. The predicted molar refractivity (Wildman–Crippen MR) is 100 cm³/mol. The number of para-hydroxylation sites is 2.